The van der Waals surface area contributed by atoms with Crippen LogP contribution in [0.4, 0.5) is 10.1 Å². The highest BCUT2D eigenvalue weighted by Crippen LogP contribution is 2.41. The molecule has 1 aliphatic heterocycles. The number of ether oxygens (including phenoxy) is 1. The van der Waals surface area contributed by atoms with E-state index >= 15 is 0 Å². The third-order valence-corrected chi connectivity index (χ3v) is 2.57. The van der Waals surface area contributed by atoms with Gasteiger partial charge in [-0.3, -0.25) is 0 Å². The number of halogens is 2. The van der Waals surface area contributed by atoms with Crippen LogP contribution < -0.4 is 4.74 Å². The molecule has 0 amide bonds. The molecule has 1 aromatic carbocycles. The van der Waals surface area contributed by atoms with E-state index in [4.69, 9.17) is 11.3 Å². The van der Waals surface area contributed by atoms with Gasteiger partial charge in [0.25, 0.3) is 5.69 Å². The van der Waals surface area contributed by atoms with Gasteiger partial charge in [0.2, 0.25) is 0 Å². The van der Waals surface area contributed by atoms with Gasteiger partial charge in [-0.25, -0.2) is 9.24 Å². The lowest BCUT2D eigenvalue weighted by Gasteiger charge is -2.15. The second-order valence-corrected chi connectivity index (χ2v) is 3.61. The maximum absolute atomic E-state index is 13.3. The Bertz CT molecular complexity index is 462. The Labute approximate surface area is 88.9 Å². The number of hydrogen-bond donors (Lipinski definition) is 0. The van der Waals surface area contributed by atoms with Crippen LogP contribution in [0.1, 0.15) is 5.56 Å². The van der Waals surface area contributed by atoms with Crippen molar-refractivity contribution in [2.75, 3.05) is 6.61 Å². The number of rotatable bonds is 0. The monoisotopic (exact) mass is 253 g/mol. The van der Waals surface area contributed by atoms with Crippen LogP contribution in [0.15, 0.2) is 16.6 Å². The van der Waals surface area contributed by atoms with E-state index in [1.807, 2.05) is 12.2 Å². The number of benzene rings is 1. The molecule has 0 aliphatic carbocycles. The summed E-state index contributed by atoms with van der Waals surface area (Å²) in [5.41, 5.74) is 0.677. The van der Waals surface area contributed by atoms with Crippen molar-refractivity contribution >= 4 is 27.7 Å². The standard InChI is InChI=1S/C10H5BrFNO/c1-13-9-8(12)5-7(11)6-3-2-4-14-10(6)9/h2-3,5H,4H2. The third kappa shape index (κ3) is 1.30. The Morgan fingerprint density at radius 1 is 1.57 bits per heavy atom. The van der Waals surface area contributed by atoms with Gasteiger partial charge in [0.15, 0.2) is 0 Å². The van der Waals surface area contributed by atoms with Crippen LogP contribution in [0.3, 0.4) is 0 Å². The Morgan fingerprint density at radius 3 is 3.07 bits per heavy atom. The predicted molar refractivity (Wildman–Crippen MR) is 54.9 cm³/mol. The molecule has 2 nitrogen and oxygen atoms in total. The summed E-state index contributed by atoms with van der Waals surface area (Å²) in [7, 11) is 0. The quantitative estimate of drug-likeness (QED) is 0.645. The molecule has 4 heteroatoms. The largest absolute Gasteiger partial charge is 0.500 e. The molecule has 0 bridgehead atoms. The van der Waals surface area contributed by atoms with E-state index in [-0.39, 0.29) is 5.69 Å². The van der Waals surface area contributed by atoms with Crippen LogP contribution in [0.25, 0.3) is 10.9 Å². The fourth-order valence-electron chi connectivity index (χ4n) is 1.30. The zero-order valence-electron chi connectivity index (χ0n) is 7.05. The average molecular weight is 254 g/mol. The SMILES string of the molecule is [C-]#[N+]c1c(F)cc(Br)c2c1OCC=C2. The highest BCUT2D eigenvalue weighted by atomic mass is 79.9. The second-order valence-electron chi connectivity index (χ2n) is 2.76. The molecule has 0 fully saturated rings. The first-order valence-corrected chi connectivity index (χ1v) is 4.72. The summed E-state index contributed by atoms with van der Waals surface area (Å²) < 4.78 is 19.1. The molecule has 0 aromatic heterocycles. The average Bonchev–Trinajstić information content (AvgIpc) is 2.18. The van der Waals surface area contributed by atoms with Crippen molar-refractivity contribution in [3.05, 3.63) is 39.4 Å². The molecular weight excluding hydrogens is 249 g/mol. The minimum absolute atomic E-state index is 0.0486. The van der Waals surface area contributed by atoms with Crippen LogP contribution in [0.5, 0.6) is 5.75 Å². The molecule has 70 valence electrons. The lowest BCUT2D eigenvalue weighted by Crippen LogP contribution is -2.01. The normalized spacial score (nSPS) is 12.9. The molecule has 2 rings (SSSR count). The van der Waals surface area contributed by atoms with Crippen LogP contribution in [-0.4, -0.2) is 6.61 Å². The Hall–Kier alpha value is -1.34. The van der Waals surface area contributed by atoms with Gasteiger partial charge in [0.1, 0.15) is 18.2 Å². The van der Waals surface area contributed by atoms with E-state index in [2.05, 4.69) is 20.8 Å². The summed E-state index contributed by atoms with van der Waals surface area (Å²) in [5.74, 6) is -0.227. The van der Waals surface area contributed by atoms with E-state index in [0.717, 1.165) is 5.56 Å². The zero-order chi connectivity index (χ0) is 10.1. The summed E-state index contributed by atoms with van der Waals surface area (Å²) in [6.45, 7) is 7.24. The van der Waals surface area contributed by atoms with Crippen molar-refractivity contribution in [3.8, 4) is 5.75 Å². The molecule has 0 unspecified atom stereocenters. The molecule has 0 atom stereocenters. The van der Waals surface area contributed by atoms with E-state index in [9.17, 15) is 4.39 Å². The lowest BCUT2D eigenvalue weighted by molar-refractivity contribution is 0.358. The first-order valence-electron chi connectivity index (χ1n) is 3.93. The Balaban J connectivity index is 2.77. The van der Waals surface area contributed by atoms with Gasteiger partial charge >= 0.3 is 0 Å². The summed E-state index contributed by atoms with van der Waals surface area (Å²) in [6, 6.07) is 1.28. The van der Waals surface area contributed by atoms with Crippen molar-refractivity contribution in [3.63, 3.8) is 0 Å². The molecule has 0 spiro atoms. The van der Waals surface area contributed by atoms with Gasteiger partial charge in [-0.05, 0) is 12.1 Å². The van der Waals surface area contributed by atoms with Gasteiger partial charge in [-0.1, -0.05) is 22.0 Å². The van der Waals surface area contributed by atoms with Crippen LogP contribution in [0, 0.1) is 12.4 Å². The lowest BCUT2D eigenvalue weighted by atomic mass is 10.1. The number of nitrogens with zero attached hydrogens (tertiary/aromatic N) is 1. The minimum atomic E-state index is -0.555. The first kappa shape index (κ1) is 9.22. The highest BCUT2D eigenvalue weighted by Gasteiger charge is 2.18. The predicted octanol–water partition coefficient (Wildman–Crippen LogP) is 3.54. The van der Waals surface area contributed by atoms with E-state index in [0.29, 0.717) is 16.8 Å². The third-order valence-electron chi connectivity index (χ3n) is 1.92. The Kier molecular flexibility index (Phi) is 2.26. The van der Waals surface area contributed by atoms with Crippen LogP contribution >= 0.6 is 15.9 Å². The number of fused-ring (bicyclic) bond motifs is 1. The second kappa shape index (κ2) is 3.43. The molecule has 0 radical (unpaired) electrons. The van der Waals surface area contributed by atoms with Crippen molar-refractivity contribution in [1.29, 1.82) is 0 Å². The van der Waals surface area contributed by atoms with Crippen molar-refractivity contribution < 1.29 is 9.13 Å². The highest BCUT2D eigenvalue weighted by molar-refractivity contribution is 9.10. The number of hydrogen-bond acceptors (Lipinski definition) is 1. The van der Waals surface area contributed by atoms with Crippen molar-refractivity contribution in [2.45, 2.75) is 0 Å². The molecule has 1 heterocycles. The van der Waals surface area contributed by atoms with Gasteiger partial charge < -0.3 is 4.74 Å². The molecule has 14 heavy (non-hydrogen) atoms. The van der Waals surface area contributed by atoms with Gasteiger partial charge in [0, 0.05) is 10.0 Å². The fraction of sp³-hybridized carbons (Fsp3) is 0.100. The molecule has 0 saturated carbocycles. The summed E-state index contributed by atoms with van der Waals surface area (Å²) in [4.78, 5) is 3.12. The summed E-state index contributed by atoms with van der Waals surface area (Å²) >= 11 is 3.22. The zero-order valence-corrected chi connectivity index (χ0v) is 8.64. The van der Waals surface area contributed by atoms with Gasteiger partial charge in [0.05, 0.1) is 6.57 Å². The molecule has 0 saturated heterocycles. The van der Waals surface area contributed by atoms with E-state index in [1.54, 1.807) is 0 Å². The van der Waals surface area contributed by atoms with Crippen molar-refractivity contribution in [1.82, 2.24) is 0 Å². The fourth-order valence-corrected chi connectivity index (χ4v) is 1.82. The van der Waals surface area contributed by atoms with Gasteiger partial charge in [-0.2, -0.15) is 0 Å². The maximum atomic E-state index is 13.3. The van der Waals surface area contributed by atoms with E-state index in [1.165, 1.54) is 6.07 Å². The molecule has 1 aliphatic rings. The molecular formula is C10H5BrFNO. The Morgan fingerprint density at radius 2 is 2.36 bits per heavy atom. The minimum Gasteiger partial charge on any atom is -0.500 e. The molecule has 1 aromatic rings. The summed E-state index contributed by atoms with van der Waals surface area (Å²) in [6.07, 6.45) is 3.63. The van der Waals surface area contributed by atoms with Crippen molar-refractivity contribution in [2.24, 2.45) is 0 Å². The van der Waals surface area contributed by atoms with E-state index < -0.39 is 5.82 Å². The molecule has 0 N–H and O–H groups in total. The first-order chi connectivity index (χ1) is 6.74. The van der Waals surface area contributed by atoms with Gasteiger partial charge in [-0.15, -0.1) is 0 Å². The smallest absolute Gasteiger partial charge is 0.263 e. The van der Waals surface area contributed by atoms with Crippen LogP contribution in [-0.2, 0) is 0 Å². The van der Waals surface area contributed by atoms with Crippen LogP contribution in [0.2, 0.25) is 0 Å². The topological polar surface area (TPSA) is 13.6 Å². The maximum Gasteiger partial charge on any atom is 0.263 e. The summed E-state index contributed by atoms with van der Waals surface area (Å²) in [5, 5.41) is 0.